The Morgan fingerprint density at radius 1 is 0.864 bits per heavy atom. The van der Waals surface area contributed by atoms with Gasteiger partial charge in [-0.05, 0) is 32.6 Å². The van der Waals surface area contributed by atoms with Crippen molar-refractivity contribution in [3.63, 3.8) is 0 Å². The third kappa shape index (κ3) is 17.2. The maximum Gasteiger partial charge on any atom is 0.407 e. The van der Waals surface area contributed by atoms with Crippen LogP contribution in [0, 0.1) is 5.92 Å². The highest BCUT2D eigenvalue weighted by atomic mass is 16.6. The van der Waals surface area contributed by atoms with E-state index >= 15 is 0 Å². The van der Waals surface area contributed by atoms with Gasteiger partial charge >= 0.3 is 6.09 Å². The van der Waals surface area contributed by atoms with Crippen LogP contribution in [0.4, 0.5) is 4.79 Å². The molecule has 0 saturated heterocycles. The first-order chi connectivity index (χ1) is 10.5. The van der Waals surface area contributed by atoms with Crippen LogP contribution in [0.3, 0.4) is 0 Å². The van der Waals surface area contributed by atoms with Crippen LogP contribution in [0.15, 0.2) is 0 Å². The summed E-state index contributed by atoms with van der Waals surface area (Å²) in [6, 6.07) is 0. The summed E-state index contributed by atoms with van der Waals surface area (Å²) < 4.78 is 21.2. The molecular weight excluding hydrogens is 286 g/mol. The van der Waals surface area contributed by atoms with Crippen molar-refractivity contribution >= 4 is 6.09 Å². The molecule has 0 aliphatic carbocycles. The van der Waals surface area contributed by atoms with Crippen molar-refractivity contribution in [1.82, 2.24) is 5.32 Å². The van der Waals surface area contributed by atoms with Gasteiger partial charge in [-0.25, -0.2) is 4.79 Å². The number of alkyl carbamates (subject to hydrolysis) is 1. The van der Waals surface area contributed by atoms with Crippen molar-refractivity contribution in [3.05, 3.63) is 0 Å². The van der Waals surface area contributed by atoms with Crippen molar-refractivity contribution in [2.45, 2.75) is 46.6 Å². The maximum absolute atomic E-state index is 11.2. The first-order valence-corrected chi connectivity index (χ1v) is 8.20. The van der Waals surface area contributed by atoms with Gasteiger partial charge in [0.05, 0.1) is 32.5 Å². The zero-order chi connectivity index (χ0) is 16.6. The van der Waals surface area contributed by atoms with Crippen LogP contribution in [-0.2, 0) is 18.9 Å². The molecule has 0 unspecified atom stereocenters. The molecule has 0 atom stereocenters. The molecule has 0 aromatic heterocycles. The highest BCUT2D eigenvalue weighted by molar-refractivity contribution is 5.67. The largest absolute Gasteiger partial charge is 0.447 e. The Kier molecular flexibility index (Phi) is 14.5. The zero-order valence-corrected chi connectivity index (χ0v) is 14.6. The molecule has 132 valence electrons. The third-order valence-electron chi connectivity index (χ3n) is 2.66. The summed E-state index contributed by atoms with van der Waals surface area (Å²) >= 11 is 0. The second-order valence-corrected chi connectivity index (χ2v) is 5.75. The number of amides is 1. The van der Waals surface area contributed by atoms with E-state index in [0.29, 0.717) is 45.5 Å². The second kappa shape index (κ2) is 15.1. The molecule has 1 amide bonds. The van der Waals surface area contributed by atoms with Crippen LogP contribution in [0.5, 0.6) is 0 Å². The van der Waals surface area contributed by atoms with E-state index in [1.165, 1.54) is 0 Å². The van der Waals surface area contributed by atoms with Crippen LogP contribution in [0.2, 0.25) is 0 Å². The van der Waals surface area contributed by atoms with Gasteiger partial charge in [-0.3, -0.25) is 0 Å². The molecule has 0 aromatic rings. The smallest absolute Gasteiger partial charge is 0.407 e. The van der Waals surface area contributed by atoms with Crippen molar-refractivity contribution in [3.8, 4) is 0 Å². The summed E-state index contributed by atoms with van der Waals surface area (Å²) in [6.45, 7) is 12.3. The molecule has 6 heteroatoms. The van der Waals surface area contributed by atoms with Gasteiger partial charge in [0.2, 0.25) is 0 Å². The first kappa shape index (κ1) is 21.1. The van der Waals surface area contributed by atoms with Crippen LogP contribution in [-0.4, -0.2) is 58.4 Å². The van der Waals surface area contributed by atoms with E-state index < -0.39 is 0 Å². The summed E-state index contributed by atoms with van der Waals surface area (Å²) in [5, 5.41) is 2.66. The number of ether oxygens (including phenoxy) is 4. The topological polar surface area (TPSA) is 66.0 Å². The third-order valence-corrected chi connectivity index (χ3v) is 2.66. The maximum atomic E-state index is 11.2. The monoisotopic (exact) mass is 319 g/mol. The van der Waals surface area contributed by atoms with Gasteiger partial charge < -0.3 is 24.3 Å². The first-order valence-electron chi connectivity index (χ1n) is 8.20. The molecule has 0 radical (unpaired) electrons. The second-order valence-electron chi connectivity index (χ2n) is 5.75. The SMILES string of the molecule is CC(C)CCOCCOCCOCCCNC(=O)OC(C)C. The Morgan fingerprint density at radius 2 is 1.41 bits per heavy atom. The lowest BCUT2D eigenvalue weighted by atomic mass is 10.1. The Hall–Kier alpha value is -0.850. The molecule has 0 heterocycles. The fourth-order valence-corrected chi connectivity index (χ4v) is 1.48. The summed E-state index contributed by atoms with van der Waals surface area (Å²) in [5.74, 6) is 0.677. The molecule has 6 nitrogen and oxygen atoms in total. The molecule has 22 heavy (non-hydrogen) atoms. The minimum absolute atomic E-state index is 0.0947. The van der Waals surface area contributed by atoms with Gasteiger partial charge in [0, 0.05) is 19.8 Å². The molecule has 0 aliphatic heterocycles. The van der Waals surface area contributed by atoms with Crippen molar-refractivity contribution in [1.29, 1.82) is 0 Å². The summed E-state index contributed by atoms with van der Waals surface area (Å²) in [5.41, 5.74) is 0. The van der Waals surface area contributed by atoms with E-state index in [2.05, 4.69) is 19.2 Å². The van der Waals surface area contributed by atoms with Crippen LogP contribution < -0.4 is 5.32 Å². The van der Waals surface area contributed by atoms with Gasteiger partial charge in [-0.1, -0.05) is 13.8 Å². The zero-order valence-electron chi connectivity index (χ0n) is 14.6. The Morgan fingerprint density at radius 3 is 1.95 bits per heavy atom. The Balaban J connectivity index is 3.10. The lowest BCUT2D eigenvalue weighted by molar-refractivity contribution is 0.0124. The van der Waals surface area contributed by atoms with Gasteiger partial charge in [-0.15, -0.1) is 0 Å². The van der Waals surface area contributed by atoms with E-state index in [0.717, 1.165) is 19.4 Å². The van der Waals surface area contributed by atoms with Crippen LogP contribution in [0.25, 0.3) is 0 Å². The minimum atomic E-state index is -0.379. The van der Waals surface area contributed by atoms with E-state index in [1.54, 1.807) is 0 Å². The summed E-state index contributed by atoms with van der Waals surface area (Å²) in [4.78, 5) is 11.2. The van der Waals surface area contributed by atoms with E-state index in [-0.39, 0.29) is 12.2 Å². The number of nitrogens with one attached hydrogen (secondary N) is 1. The molecule has 0 aromatic carbocycles. The van der Waals surface area contributed by atoms with E-state index in [4.69, 9.17) is 18.9 Å². The number of hydrogen-bond donors (Lipinski definition) is 1. The van der Waals surface area contributed by atoms with E-state index in [1.807, 2.05) is 13.8 Å². The highest BCUT2D eigenvalue weighted by Gasteiger charge is 2.02. The molecule has 0 spiro atoms. The van der Waals surface area contributed by atoms with Gasteiger partial charge in [0.15, 0.2) is 0 Å². The molecule has 0 aliphatic rings. The van der Waals surface area contributed by atoms with Crippen molar-refractivity contribution in [2.24, 2.45) is 5.92 Å². The lowest BCUT2D eigenvalue weighted by Crippen LogP contribution is -2.28. The number of carbonyl (C=O) groups is 1. The van der Waals surface area contributed by atoms with Gasteiger partial charge in [-0.2, -0.15) is 0 Å². The standard InChI is InChI=1S/C16H33NO5/c1-14(2)6-9-20-11-13-21-12-10-19-8-5-7-17-16(18)22-15(3)4/h14-15H,5-13H2,1-4H3,(H,17,18). The number of rotatable bonds is 14. The molecule has 0 rings (SSSR count). The average Bonchev–Trinajstić information content (AvgIpc) is 2.42. The molecule has 1 N–H and O–H groups in total. The van der Waals surface area contributed by atoms with Gasteiger partial charge in [0.1, 0.15) is 0 Å². The Labute approximate surface area is 134 Å². The highest BCUT2D eigenvalue weighted by Crippen LogP contribution is 1.98. The van der Waals surface area contributed by atoms with Crippen molar-refractivity contribution < 1.29 is 23.7 Å². The fraction of sp³-hybridized carbons (Fsp3) is 0.938. The van der Waals surface area contributed by atoms with Crippen LogP contribution in [0.1, 0.15) is 40.5 Å². The Bertz CT molecular complexity index is 259. The summed E-state index contributed by atoms with van der Waals surface area (Å²) in [6.07, 6.45) is 1.37. The van der Waals surface area contributed by atoms with Crippen molar-refractivity contribution in [2.75, 3.05) is 46.2 Å². The molecule has 0 fully saturated rings. The fourth-order valence-electron chi connectivity index (χ4n) is 1.48. The number of carbonyl (C=O) groups excluding carboxylic acids is 1. The average molecular weight is 319 g/mol. The predicted octanol–water partition coefficient (Wildman–Crippen LogP) is 2.61. The summed E-state index contributed by atoms with van der Waals surface area (Å²) in [7, 11) is 0. The molecule has 0 saturated carbocycles. The molecular formula is C16H33NO5. The van der Waals surface area contributed by atoms with E-state index in [9.17, 15) is 4.79 Å². The number of hydrogen-bond acceptors (Lipinski definition) is 5. The van der Waals surface area contributed by atoms with Gasteiger partial charge in [0.25, 0.3) is 0 Å². The normalized spacial score (nSPS) is 11.2. The minimum Gasteiger partial charge on any atom is -0.447 e. The van der Waals surface area contributed by atoms with Crippen LogP contribution >= 0.6 is 0 Å². The predicted molar refractivity (Wildman–Crippen MR) is 86.1 cm³/mol. The lowest BCUT2D eigenvalue weighted by Gasteiger charge is -2.10. The molecule has 0 bridgehead atoms. The quantitative estimate of drug-likeness (QED) is 0.499.